The number of hydrogen-bond donors (Lipinski definition) is 1. The number of benzene rings is 1. The van der Waals surface area contributed by atoms with Crippen LogP contribution in [0.25, 0.3) is 11.0 Å². The number of aromatic amines is 1. The summed E-state index contributed by atoms with van der Waals surface area (Å²) in [6, 6.07) is 5.89. The van der Waals surface area contributed by atoms with Crippen LogP contribution in [0.5, 0.6) is 0 Å². The molecule has 0 radical (unpaired) electrons. The summed E-state index contributed by atoms with van der Waals surface area (Å²) < 4.78 is 6.78. The van der Waals surface area contributed by atoms with Gasteiger partial charge in [0.25, 0.3) is 0 Å². The molecule has 4 nitrogen and oxygen atoms in total. The predicted octanol–water partition coefficient (Wildman–Crippen LogP) is 1.67. The number of para-hydroxylation sites is 1. The van der Waals surface area contributed by atoms with Gasteiger partial charge in [-0.25, -0.2) is 4.79 Å². The number of methoxy groups -OCH3 is 1. The second-order valence-electron chi connectivity index (χ2n) is 3.90. The van der Waals surface area contributed by atoms with Gasteiger partial charge in [0.2, 0.25) is 0 Å². The Bertz CT molecular complexity index is 539. The average molecular weight is 220 g/mol. The van der Waals surface area contributed by atoms with Gasteiger partial charge in [-0.15, -0.1) is 0 Å². The van der Waals surface area contributed by atoms with E-state index in [0.717, 1.165) is 23.0 Å². The van der Waals surface area contributed by atoms with Crippen LogP contribution in [0.4, 0.5) is 0 Å². The highest BCUT2D eigenvalue weighted by Gasteiger charge is 2.07. The molecule has 2 rings (SSSR count). The standard InChI is InChI=1S/C12H16N2O2/c1-9-5-3-6-10-11(9)14(12(15)13-10)7-4-8-16-2/h3,5-6H,4,7-8H2,1-2H3,(H,13,15). The van der Waals surface area contributed by atoms with Crippen LogP contribution in [0.2, 0.25) is 0 Å². The van der Waals surface area contributed by atoms with Gasteiger partial charge in [0.05, 0.1) is 11.0 Å². The minimum absolute atomic E-state index is 0.0413. The zero-order chi connectivity index (χ0) is 11.5. The molecule has 0 aliphatic heterocycles. The molecule has 2 aromatic rings. The molecule has 1 N–H and O–H groups in total. The molecule has 86 valence electrons. The number of nitrogens with zero attached hydrogens (tertiary/aromatic N) is 1. The molecular formula is C12H16N2O2. The van der Waals surface area contributed by atoms with Crippen molar-refractivity contribution in [3.63, 3.8) is 0 Å². The Morgan fingerprint density at radius 3 is 3.00 bits per heavy atom. The van der Waals surface area contributed by atoms with E-state index in [9.17, 15) is 4.79 Å². The first-order chi connectivity index (χ1) is 7.74. The van der Waals surface area contributed by atoms with Crippen LogP contribution in [0.1, 0.15) is 12.0 Å². The van der Waals surface area contributed by atoms with Crippen LogP contribution in [0, 0.1) is 6.92 Å². The summed E-state index contributed by atoms with van der Waals surface area (Å²) in [5.41, 5.74) is 2.99. The van der Waals surface area contributed by atoms with E-state index in [4.69, 9.17) is 4.74 Å². The van der Waals surface area contributed by atoms with Crippen molar-refractivity contribution in [3.8, 4) is 0 Å². The van der Waals surface area contributed by atoms with E-state index in [1.807, 2.05) is 25.1 Å². The van der Waals surface area contributed by atoms with E-state index >= 15 is 0 Å². The molecule has 0 spiro atoms. The van der Waals surface area contributed by atoms with Crippen LogP contribution < -0.4 is 5.69 Å². The van der Waals surface area contributed by atoms with Gasteiger partial charge in [-0.1, -0.05) is 12.1 Å². The van der Waals surface area contributed by atoms with E-state index in [1.54, 1.807) is 11.7 Å². The number of fused-ring (bicyclic) bond motifs is 1. The summed E-state index contributed by atoms with van der Waals surface area (Å²) >= 11 is 0. The molecule has 0 saturated carbocycles. The van der Waals surface area contributed by atoms with E-state index in [0.29, 0.717) is 13.2 Å². The van der Waals surface area contributed by atoms with Gasteiger partial charge in [-0.05, 0) is 25.0 Å². The van der Waals surface area contributed by atoms with Crippen molar-refractivity contribution in [2.45, 2.75) is 19.9 Å². The first-order valence-electron chi connectivity index (χ1n) is 5.41. The Morgan fingerprint density at radius 1 is 1.44 bits per heavy atom. The van der Waals surface area contributed by atoms with Crippen molar-refractivity contribution in [2.75, 3.05) is 13.7 Å². The molecule has 0 atom stereocenters. The van der Waals surface area contributed by atoms with E-state index in [2.05, 4.69) is 4.98 Å². The second-order valence-corrected chi connectivity index (χ2v) is 3.90. The number of aromatic nitrogens is 2. The molecule has 0 fully saturated rings. The molecule has 0 amide bonds. The second kappa shape index (κ2) is 4.53. The number of aryl methyl sites for hydroxylation is 2. The lowest BCUT2D eigenvalue weighted by Gasteiger charge is -2.04. The fourth-order valence-electron chi connectivity index (χ4n) is 1.98. The molecule has 0 aliphatic carbocycles. The Labute approximate surface area is 93.9 Å². The third-order valence-electron chi connectivity index (χ3n) is 2.72. The fraction of sp³-hybridized carbons (Fsp3) is 0.417. The van der Waals surface area contributed by atoms with Crippen molar-refractivity contribution in [2.24, 2.45) is 0 Å². The maximum atomic E-state index is 11.8. The first kappa shape index (κ1) is 11.0. The lowest BCUT2D eigenvalue weighted by Crippen LogP contribution is -2.17. The molecular weight excluding hydrogens is 204 g/mol. The van der Waals surface area contributed by atoms with E-state index < -0.39 is 0 Å². The third-order valence-corrected chi connectivity index (χ3v) is 2.72. The van der Waals surface area contributed by atoms with Crippen molar-refractivity contribution in [1.29, 1.82) is 0 Å². The van der Waals surface area contributed by atoms with Gasteiger partial charge >= 0.3 is 5.69 Å². The van der Waals surface area contributed by atoms with Gasteiger partial charge in [-0.3, -0.25) is 4.57 Å². The van der Waals surface area contributed by atoms with Crippen LogP contribution in [-0.2, 0) is 11.3 Å². The van der Waals surface area contributed by atoms with Crippen LogP contribution >= 0.6 is 0 Å². The largest absolute Gasteiger partial charge is 0.385 e. The molecule has 0 bridgehead atoms. The Balaban J connectivity index is 2.43. The van der Waals surface area contributed by atoms with Gasteiger partial charge < -0.3 is 9.72 Å². The third kappa shape index (κ3) is 1.88. The highest BCUT2D eigenvalue weighted by atomic mass is 16.5. The summed E-state index contributed by atoms with van der Waals surface area (Å²) in [5.74, 6) is 0. The van der Waals surface area contributed by atoms with Gasteiger partial charge in [0.1, 0.15) is 0 Å². The summed E-state index contributed by atoms with van der Waals surface area (Å²) in [6.07, 6.45) is 0.845. The number of H-pyrrole nitrogens is 1. The summed E-state index contributed by atoms with van der Waals surface area (Å²) in [6.45, 7) is 3.38. The van der Waals surface area contributed by atoms with Crippen molar-refractivity contribution < 1.29 is 4.74 Å². The normalized spacial score (nSPS) is 11.1. The van der Waals surface area contributed by atoms with Crippen LogP contribution in [0.15, 0.2) is 23.0 Å². The van der Waals surface area contributed by atoms with Crippen LogP contribution in [0.3, 0.4) is 0 Å². The van der Waals surface area contributed by atoms with E-state index in [-0.39, 0.29) is 5.69 Å². The summed E-state index contributed by atoms with van der Waals surface area (Å²) in [7, 11) is 1.67. The SMILES string of the molecule is COCCCn1c(=O)[nH]c2cccc(C)c21. The summed E-state index contributed by atoms with van der Waals surface area (Å²) in [4.78, 5) is 14.6. The molecule has 0 unspecified atom stereocenters. The Kier molecular flexibility index (Phi) is 3.10. The fourth-order valence-corrected chi connectivity index (χ4v) is 1.98. The zero-order valence-corrected chi connectivity index (χ0v) is 9.62. The number of ether oxygens (including phenoxy) is 1. The Hall–Kier alpha value is -1.55. The van der Waals surface area contributed by atoms with Gasteiger partial charge in [0, 0.05) is 20.3 Å². The monoisotopic (exact) mass is 220 g/mol. The van der Waals surface area contributed by atoms with Crippen molar-refractivity contribution in [3.05, 3.63) is 34.2 Å². The highest BCUT2D eigenvalue weighted by Crippen LogP contribution is 2.14. The van der Waals surface area contributed by atoms with Gasteiger partial charge in [0.15, 0.2) is 0 Å². The number of hydrogen-bond acceptors (Lipinski definition) is 2. The first-order valence-corrected chi connectivity index (χ1v) is 5.41. The van der Waals surface area contributed by atoms with Crippen LogP contribution in [-0.4, -0.2) is 23.3 Å². The predicted molar refractivity (Wildman–Crippen MR) is 63.8 cm³/mol. The highest BCUT2D eigenvalue weighted by molar-refractivity contribution is 5.78. The number of rotatable bonds is 4. The van der Waals surface area contributed by atoms with E-state index in [1.165, 1.54) is 0 Å². The maximum absolute atomic E-state index is 11.8. The minimum atomic E-state index is -0.0413. The summed E-state index contributed by atoms with van der Waals surface area (Å²) in [5, 5.41) is 0. The van der Waals surface area contributed by atoms with Crippen molar-refractivity contribution in [1.82, 2.24) is 9.55 Å². The molecule has 1 aromatic carbocycles. The van der Waals surface area contributed by atoms with Crippen molar-refractivity contribution >= 4 is 11.0 Å². The lowest BCUT2D eigenvalue weighted by atomic mass is 10.2. The lowest BCUT2D eigenvalue weighted by molar-refractivity contribution is 0.190. The maximum Gasteiger partial charge on any atom is 0.326 e. The minimum Gasteiger partial charge on any atom is -0.385 e. The Morgan fingerprint density at radius 2 is 2.25 bits per heavy atom. The number of imidazole rings is 1. The topological polar surface area (TPSA) is 47.0 Å². The zero-order valence-electron chi connectivity index (χ0n) is 9.62. The van der Waals surface area contributed by atoms with Gasteiger partial charge in [-0.2, -0.15) is 0 Å². The quantitative estimate of drug-likeness (QED) is 0.797. The average Bonchev–Trinajstić information content (AvgIpc) is 2.57. The molecule has 0 aliphatic rings. The molecule has 0 saturated heterocycles. The number of nitrogens with one attached hydrogen (secondary N) is 1. The molecule has 4 heteroatoms. The molecule has 1 heterocycles. The molecule has 1 aromatic heterocycles. The molecule has 16 heavy (non-hydrogen) atoms. The smallest absolute Gasteiger partial charge is 0.326 e.